The van der Waals surface area contributed by atoms with Crippen LogP contribution >= 0.6 is 0 Å². The molecule has 7 nitrogen and oxygen atoms in total. The molecule has 0 spiro atoms. The Kier molecular flexibility index (Phi) is 5.41. The molecular weight excluding hydrogens is 392 g/mol. The molecule has 0 unspecified atom stereocenters. The molecule has 1 aliphatic heterocycles. The fraction of sp³-hybridized carbons (Fsp3) is 0.250. The zero-order chi connectivity index (χ0) is 21.0. The summed E-state index contributed by atoms with van der Waals surface area (Å²) in [6.45, 7) is 2.58. The second-order valence-electron chi connectivity index (χ2n) is 7.34. The highest BCUT2D eigenvalue weighted by Gasteiger charge is 2.15. The monoisotopic (exact) mass is 416 g/mol. The van der Waals surface area contributed by atoms with Crippen LogP contribution in [0.1, 0.15) is 11.4 Å². The largest absolute Gasteiger partial charge is 0.492 e. The first-order chi connectivity index (χ1) is 15.3. The van der Waals surface area contributed by atoms with Crippen LogP contribution < -0.4 is 19.5 Å². The van der Waals surface area contributed by atoms with Gasteiger partial charge in [0.05, 0.1) is 5.69 Å². The van der Waals surface area contributed by atoms with Crippen molar-refractivity contribution in [3.8, 4) is 28.5 Å². The number of fused-ring (bicyclic) bond motifs is 2. The molecule has 0 fully saturated rings. The van der Waals surface area contributed by atoms with Crippen molar-refractivity contribution in [1.82, 2.24) is 19.9 Å². The molecule has 0 amide bonds. The zero-order valence-electron chi connectivity index (χ0n) is 17.4. The third kappa shape index (κ3) is 4.18. The summed E-state index contributed by atoms with van der Waals surface area (Å²) in [5.74, 6) is 3.15. The number of hydrogen-bond donors (Lipinski definition) is 1. The van der Waals surface area contributed by atoms with Gasteiger partial charge in [0.15, 0.2) is 23.0 Å². The summed E-state index contributed by atoms with van der Waals surface area (Å²) in [7, 11) is 1.91. The first-order valence-corrected chi connectivity index (χ1v) is 10.4. The summed E-state index contributed by atoms with van der Waals surface area (Å²) >= 11 is 0. The lowest BCUT2D eigenvalue weighted by molar-refractivity contribution is 0.171. The van der Waals surface area contributed by atoms with Crippen molar-refractivity contribution >= 4 is 5.65 Å². The first-order valence-electron chi connectivity index (χ1n) is 10.4. The van der Waals surface area contributed by atoms with Gasteiger partial charge >= 0.3 is 0 Å². The molecule has 0 bridgehead atoms. The Morgan fingerprint density at radius 3 is 2.77 bits per heavy atom. The number of pyridine rings is 1. The van der Waals surface area contributed by atoms with E-state index in [9.17, 15) is 0 Å². The molecule has 1 aliphatic rings. The van der Waals surface area contributed by atoms with Gasteiger partial charge in [-0.1, -0.05) is 18.2 Å². The Morgan fingerprint density at radius 2 is 1.87 bits per heavy atom. The molecule has 7 heteroatoms. The van der Waals surface area contributed by atoms with Crippen molar-refractivity contribution in [3.05, 3.63) is 72.1 Å². The number of aromatic nitrogens is 3. The second kappa shape index (κ2) is 8.65. The van der Waals surface area contributed by atoms with Crippen molar-refractivity contribution in [2.75, 3.05) is 33.4 Å². The number of nitrogens with one attached hydrogen (secondary N) is 1. The van der Waals surface area contributed by atoms with Gasteiger partial charge < -0.3 is 19.5 Å². The quantitative estimate of drug-likeness (QED) is 0.466. The maximum Gasteiger partial charge on any atom is 0.162 e. The lowest BCUT2D eigenvalue weighted by Crippen LogP contribution is -2.15. The van der Waals surface area contributed by atoms with Crippen LogP contribution in [0.25, 0.3) is 16.9 Å². The minimum absolute atomic E-state index is 0.561. The first kappa shape index (κ1) is 19.4. The van der Waals surface area contributed by atoms with Crippen molar-refractivity contribution < 1.29 is 14.2 Å². The van der Waals surface area contributed by atoms with Gasteiger partial charge in [-0.25, -0.2) is 9.50 Å². The summed E-state index contributed by atoms with van der Waals surface area (Å²) < 4.78 is 19.0. The molecule has 31 heavy (non-hydrogen) atoms. The maximum atomic E-state index is 5.78. The molecule has 0 radical (unpaired) electrons. The normalized spacial score (nSPS) is 12.8. The number of hydrogen-bond acceptors (Lipinski definition) is 6. The van der Waals surface area contributed by atoms with Crippen LogP contribution in [0.5, 0.6) is 17.2 Å². The van der Waals surface area contributed by atoms with Crippen molar-refractivity contribution in [3.63, 3.8) is 0 Å². The van der Waals surface area contributed by atoms with Crippen LogP contribution in [0.15, 0.2) is 60.7 Å². The average molecular weight is 416 g/mol. The summed E-state index contributed by atoms with van der Waals surface area (Å²) in [5, 5.41) is 7.86. The van der Waals surface area contributed by atoms with E-state index in [0.29, 0.717) is 26.2 Å². The molecule has 0 saturated carbocycles. The molecule has 0 aliphatic carbocycles. The Morgan fingerprint density at radius 1 is 1.00 bits per heavy atom. The fourth-order valence-corrected chi connectivity index (χ4v) is 3.64. The van der Waals surface area contributed by atoms with Gasteiger partial charge in [0.1, 0.15) is 25.6 Å². The molecule has 2 aromatic heterocycles. The Labute approximate surface area is 180 Å². The Bertz CT molecular complexity index is 1200. The van der Waals surface area contributed by atoms with Gasteiger partial charge in [-0.15, -0.1) is 0 Å². The molecule has 0 saturated heterocycles. The summed E-state index contributed by atoms with van der Waals surface area (Å²) in [5.41, 5.74) is 3.88. The predicted molar refractivity (Wildman–Crippen MR) is 118 cm³/mol. The highest BCUT2D eigenvalue weighted by atomic mass is 16.6. The van der Waals surface area contributed by atoms with E-state index >= 15 is 0 Å². The van der Waals surface area contributed by atoms with Gasteiger partial charge in [0.25, 0.3) is 0 Å². The molecular formula is C24H24N4O3. The highest BCUT2D eigenvalue weighted by Crippen LogP contribution is 2.34. The zero-order valence-corrected chi connectivity index (χ0v) is 17.4. The molecule has 5 rings (SSSR count). The molecule has 0 atom stereocenters. The fourth-order valence-electron chi connectivity index (χ4n) is 3.64. The molecule has 2 aromatic carbocycles. The van der Waals surface area contributed by atoms with E-state index in [1.807, 2.05) is 66.2 Å². The van der Waals surface area contributed by atoms with Crippen LogP contribution in [-0.4, -0.2) is 48.0 Å². The van der Waals surface area contributed by atoms with E-state index in [1.54, 1.807) is 0 Å². The second-order valence-corrected chi connectivity index (χ2v) is 7.34. The van der Waals surface area contributed by atoms with Gasteiger partial charge in [-0.3, -0.25) is 0 Å². The Hall–Kier alpha value is -3.58. The van der Waals surface area contributed by atoms with E-state index in [4.69, 9.17) is 24.3 Å². The lowest BCUT2D eigenvalue weighted by Gasteiger charge is -2.19. The molecule has 158 valence electrons. The van der Waals surface area contributed by atoms with Crippen LogP contribution in [0.4, 0.5) is 0 Å². The molecule has 3 heterocycles. The topological polar surface area (TPSA) is 69.9 Å². The van der Waals surface area contributed by atoms with Gasteiger partial charge in [-0.05, 0) is 55.1 Å². The number of likely N-dealkylation sites (N-methyl/N-ethyl adjacent to an activating group) is 1. The third-order valence-corrected chi connectivity index (χ3v) is 5.12. The third-order valence-electron chi connectivity index (χ3n) is 5.12. The van der Waals surface area contributed by atoms with Crippen LogP contribution in [0.2, 0.25) is 0 Å². The predicted octanol–water partition coefficient (Wildman–Crippen LogP) is 3.36. The molecule has 4 aromatic rings. The minimum Gasteiger partial charge on any atom is -0.492 e. The number of rotatable bonds is 7. The van der Waals surface area contributed by atoms with Gasteiger partial charge in [0, 0.05) is 18.5 Å². The van der Waals surface area contributed by atoms with E-state index in [-0.39, 0.29) is 0 Å². The highest BCUT2D eigenvalue weighted by molar-refractivity contribution is 5.66. The van der Waals surface area contributed by atoms with Gasteiger partial charge in [-0.2, -0.15) is 5.10 Å². The number of benzene rings is 2. The van der Waals surface area contributed by atoms with E-state index in [2.05, 4.69) is 11.4 Å². The smallest absolute Gasteiger partial charge is 0.162 e. The Balaban J connectivity index is 1.42. The average Bonchev–Trinajstić information content (AvgIpc) is 3.21. The van der Waals surface area contributed by atoms with E-state index < -0.39 is 0 Å². The minimum atomic E-state index is 0.561. The van der Waals surface area contributed by atoms with Crippen molar-refractivity contribution in [2.45, 2.75) is 6.42 Å². The van der Waals surface area contributed by atoms with Crippen molar-refractivity contribution in [1.29, 1.82) is 0 Å². The lowest BCUT2D eigenvalue weighted by atomic mass is 10.1. The van der Waals surface area contributed by atoms with E-state index in [0.717, 1.165) is 52.1 Å². The summed E-state index contributed by atoms with van der Waals surface area (Å²) in [6, 6.07) is 20.0. The van der Waals surface area contributed by atoms with E-state index in [1.165, 1.54) is 0 Å². The van der Waals surface area contributed by atoms with Crippen LogP contribution in [-0.2, 0) is 6.42 Å². The van der Waals surface area contributed by atoms with Crippen molar-refractivity contribution in [2.24, 2.45) is 0 Å². The maximum absolute atomic E-state index is 5.78. The van der Waals surface area contributed by atoms with Gasteiger partial charge in [0.2, 0.25) is 0 Å². The van der Waals surface area contributed by atoms with Crippen LogP contribution in [0, 0.1) is 0 Å². The number of nitrogens with zero attached hydrogens (tertiary/aromatic N) is 3. The summed E-state index contributed by atoms with van der Waals surface area (Å²) in [6.07, 6.45) is 0.630. The van der Waals surface area contributed by atoms with Crippen LogP contribution in [0.3, 0.4) is 0 Å². The number of ether oxygens (including phenoxy) is 3. The standard InChI is InChI=1S/C24H24N4O3/c1-25-10-11-29-19-5-2-4-17(14-19)15-23-26-24-7-3-6-20(28(24)27-23)18-8-9-21-22(16-18)31-13-12-30-21/h2-9,14,16,25H,10-13,15H2,1H3. The SMILES string of the molecule is CNCCOc1cccc(Cc2nc3cccc(-c4ccc5c(c4)OCCO5)n3n2)c1. The molecule has 1 N–H and O–H groups in total. The summed E-state index contributed by atoms with van der Waals surface area (Å²) in [4.78, 5) is 4.73.